The zero-order valence-corrected chi connectivity index (χ0v) is 14.2. The summed E-state index contributed by atoms with van der Waals surface area (Å²) in [6, 6.07) is 6.01. The number of piperidine rings is 2. The number of aromatic nitrogens is 4. The van der Waals surface area contributed by atoms with Crippen molar-refractivity contribution in [3.8, 4) is 0 Å². The lowest BCUT2D eigenvalue weighted by atomic mass is 9.71. The maximum atomic E-state index is 4.39. The molecule has 6 nitrogen and oxygen atoms in total. The van der Waals surface area contributed by atoms with Gasteiger partial charge in [-0.1, -0.05) is 0 Å². The molecule has 2 aromatic rings. The van der Waals surface area contributed by atoms with E-state index in [2.05, 4.69) is 36.0 Å². The molecule has 2 aliphatic heterocycles. The van der Waals surface area contributed by atoms with Crippen LogP contribution >= 0.6 is 0 Å². The second-order valence-corrected chi connectivity index (χ2v) is 7.06. The zero-order valence-electron chi connectivity index (χ0n) is 14.2. The fourth-order valence-electron chi connectivity index (χ4n) is 3.91. The molecule has 126 valence electrons. The van der Waals surface area contributed by atoms with E-state index in [0.717, 1.165) is 43.6 Å². The third-order valence-electron chi connectivity index (χ3n) is 5.59. The van der Waals surface area contributed by atoms with Gasteiger partial charge in [-0.3, -0.25) is 0 Å². The fourth-order valence-corrected chi connectivity index (χ4v) is 3.91. The predicted molar refractivity (Wildman–Crippen MR) is 94.1 cm³/mol. The van der Waals surface area contributed by atoms with Gasteiger partial charge < -0.3 is 9.80 Å². The first-order valence-corrected chi connectivity index (χ1v) is 8.81. The van der Waals surface area contributed by atoms with Crippen LogP contribution in [0.15, 0.2) is 30.6 Å². The minimum Gasteiger partial charge on any atom is -0.355 e. The molecule has 4 rings (SSSR count). The van der Waals surface area contributed by atoms with Crippen molar-refractivity contribution in [1.29, 1.82) is 0 Å². The number of aryl methyl sites for hydroxylation is 1. The van der Waals surface area contributed by atoms with Crippen molar-refractivity contribution < 1.29 is 0 Å². The Labute approximate surface area is 142 Å². The van der Waals surface area contributed by atoms with Gasteiger partial charge in [0.15, 0.2) is 5.82 Å². The Morgan fingerprint density at radius 1 is 0.833 bits per heavy atom. The summed E-state index contributed by atoms with van der Waals surface area (Å²) < 4.78 is 0. The third-order valence-corrected chi connectivity index (χ3v) is 5.59. The van der Waals surface area contributed by atoms with Crippen molar-refractivity contribution in [3.63, 3.8) is 0 Å². The van der Waals surface area contributed by atoms with Crippen LogP contribution in [0.4, 0.5) is 11.8 Å². The Bertz CT molecular complexity index is 654. The van der Waals surface area contributed by atoms with Gasteiger partial charge in [0.1, 0.15) is 0 Å². The van der Waals surface area contributed by atoms with Crippen LogP contribution in [0.2, 0.25) is 0 Å². The molecule has 0 aliphatic carbocycles. The molecule has 0 radical (unpaired) electrons. The van der Waals surface area contributed by atoms with Crippen molar-refractivity contribution in [1.82, 2.24) is 20.2 Å². The summed E-state index contributed by atoms with van der Waals surface area (Å²) in [5.41, 5.74) is 1.46. The quantitative estimate of drug-likeness (QED) is 0.846. The summed E-state index contributed by atoms with van der Waals surface area (Å²) in [7, 11) is 0. The maximum Gasteiger partial charge on any atom is 0.225 e. The van der Waals surface area contributed by atoms with Gasteiger partial charge in [0.05, 0.1) is 5.69 Å². The smallest absolute Gasteiger partial charge is 0.225 e. The van der Waals surface area contributed by atoms with Crippen LogP contribution in [-0.2, 0) is 0 Å². The third kappa shape index (κ3) is 3.05. The molecule has 2 aromatic heterocycles. The summed E-state index contributed by atoms with van der Waals surface area (Å²) in [6.45, 7) is 6.27. The average molecular weight is 324 g/mol. The first-order chi connectivity index (χ1) is 11.7. The summed E-state index contributed by atoms with van der Waals surface area (Å²) >= 11 is 0. The SMILES string of the molecule is Cc1ccc(N2CCC3(CC2)CCN(c2ncccn2)CC3)nn1. The molecular formula is C18H24N6. The Kier molecular flexibility index (Phi) is 4.04. The van der Waals surface area contributed by atoms with E-state index < -0.39 is 0 Å². The Morgan fingerprint density at radius 3 is 2.04 bits per heavy atom. The molecule has 2 fully saturated rings. The highest BCUT2D eigenvalue weighted by atomic mass is 15.3. The number of hydrogen-bond acceptors (Lipinski definition) is 6. The van der Waals surface area contributed by atoms with Gasteiger partial charge in [0.2, 0.25) is 5.95 Å². The first kappa shape index (κ1) is 15.3. The Hall–Kier alpha value is -2.24. The average Bonchev–Trinajstić information content (AvgIpc) is 2.65. The van der Waals surface area contributed by atoms with Crippen LogP contribution in [-0.4, -0.2) is 46.3 Å². The van der Waals surface area contributed by atoms with Crippen LogP contribution in [0.3, 0.4) is 0 Å². The van der Waals surface area contributed by atoms with E-state index in [-0.39, 0.29) is 0 Å². The minimum atomic E-state index is 0.486. The van der Waals surface area contributed by atoms with Gasteiger partial charge >= 0.3 is 0 Å². The zero-order chi connectivity index (χ0) is 16.4. The van der Waals surface area contributed by atoms with Crippen LogP contribution in [0.25, 0.3) is 0 Å². The highest BCUT2D eigenvalue weighted by Gasteiger charge is 2.38. The monoisotopic (exact) mass is 324 g/mol. The molecule has 0 saturated carbocycles. The summed E-state index contributed by atoms with van der Waals surface area (Å²) in [6.07, 6.45) is 8.61. The van der Waals surface area contributed by atoms with Gasteiger partial charge in [-0.25, -0.2) is 9.97 Å². The highest BCUT2D eigenvalue weighted by Crippen LogP contribution is 2.42. The van der Waals surface area contributed by atoms with Crippen molar-refractivity contribution in [2.45, 2.75) is 32.6 Å². The van der Waals surface area contributed by atoms with Crippen LogP contribution in [0, 0.1) is 12.3 Å². The van der Waals surface area contributed by atoms with E-state index in [9.17, 15) is 0 Å². The van der Waals surface area contributed by atoms with Crippen LogP contribution in [0.1, 0.15) is 31.4 Å². The largest absolute Gasteiger partial charge is 0.355 e. The molecular weight excluding hydrogens is 300 g/mol. The molecule has 0 bridgehead atoms. The summed E-state index contributed by atoms with van der Waals surface area (Å²) in [5, 5.41) is 8.53. The lowest BCUT2D eigenvalue weighted by Crippen LogP contribution is -2.47. The summed E-state index contributed by atoms with van der Waals surface area (Å²) in [5.74, 6) is 1.89. The van der Waals surface area contributed by atoms with Gasteiger partial charge in [-0.2, -0.15) is 5.10 Å². The van der Waals surface area contributed by atoms with Crippen molar-refractivity contribution in [2.24, 2.45) is 5.41 Å². The highest BCUT2D eigenvalue weighted by molar-refractivity contribution is 5.38. The molecule has 0 N–H and O–H groups in total. The van der Waals surface area contributed by atoms with Crippen molar-refractivity contribution in [2.75, 3.05) is 36.0 Å². The van der Waals surface area contributed by atoms with E-state index in [0.29, 0.717) is 5.41 Å². The molecule has 4 heterocycles. The Balaban J connectivity index is 1.35. The van der Waals surface area contributed by atoms with E-state index in [1.165, 1.54) is 25.7 Å². The predicted octanol–water partition coefficient (Wildman–Crippen LogP) is 2.46. The lowest BCUT2D eigenvalue weighted by molar-refractivity contribution is 0.165. The molecule has 0 amide bonds. The van der Waals surface area contributed by atoms with Crippen molar-refractivity contribution in [3.05, 3.63) is 36.3 Å². The van der Waals surface area contributed by atoms with Gasteiger partial charge in [0, 0.05) is 38.6 Å². The topological polar surface area (TPSA) is 58.0 Å². The first-order valence-electron chi connectivity index (χ1n) is 8.81. The van der Waals surface area contributed by atoms with Crippen LogP contribution < -0.4 is 9.80 Å². The normalized spacial score (nSPS) is 20.4. The molecule has 6 heteroatoms. The van der Waals surface area contributed by atoms with Crippen molar-refractivity contribution >= 4 is 11.8 Å². The minimum absolute atomic E-state index is 0.486. The lowest BCUT2D eigenvalue weighted by Gasteiger charge is -2.47. The standard InChI is InChI=1S/C18H24N6/c1-15-3-4-16(22-21-15)23-11-5-18(6-12-23)7-13-24(14-8-18)17-19-9-2-10-20-17/h2-4,9-10H,5-8,11-14H2,1H3. The molecule has 0 atom stereocenters. The second-order valence-electron chi connectivity index (χ2n) is 7.06. The summed E-state index contributed by atoms with van der Waals surface area (Å²) in [4.78, 5) is 13.5. The molecule has 24 heavy (non-hydrogen) atoms. The van der Waals surface area contributed by atoms with Gasteiger partial charge in [-0.05, 0) is 56.2 Å². The van der Waals surface area contributed by atoms with Gasteiger partial charge in [0.25, 0.3) is 0 Å². The Morgan fingerprint density at radius 2 is 1.46 bits per heavy atom. The van der Waals surface area contributed by atoms with Crippen LogP contribution in [0.5, 0.6) is 0 Å². The molecule has 1 spiro atoms. The second kappa shape index (κ2) is 6.34. The van der Waals surface area contributed by atoms with E-state index in [1.54, 1.807) is 0 Å². The van der Waals surface area contributed by atoms with E-state index >= 15 is 0 Å². The number of anilines is 2. The number of nitrogens with zero attached hydrogens (tertiary/aromatic N) is 6. The van der Waals surface area contributed by atoms with E-state index in [1.807, 2.05) is 31.5 Å². The molecule has 0 unspecified atom stereocenters. The fraction of sp³-hybridized carbons (Fsp3) is 0.556. The molecule has 2 saturated heterocycles. The van der Waals surface area contributed by atoms with E-state index in [4.69, 9.17) is 0 Å². The number of hydrogen-bond donors (Lipinski definition) is 0. The van der Waals surface area contributed by atoms with Gasteiger partial charge in [-0.15, -0.1) is 5.10 Å². The number of rotatable bonds is 2. The maximum absolute atomic E-state index is 4.39. The molecule has 0 aromatic carbocycles. The molecule has 2 aliphatic rings.